The summed E-state index contributed by atoms with van der Waals surface area (Å²) in [7, 11) is 0. The Labute approximate surface area is 97.3 Å². The molecule has 76 valence electrons. The average Bonchev–Trinajstić information content (AvgIpc) is 2.28. The van der Waals surface area contributed by atoms with Crippen LogP contribution in [0.3, 0.4) is 0 Å². The number of halogens is 4. The summed E-state index contributed by atoms with van der Waals surface area (Å²) in [5.74, 6) is 0. The van der Waals surface area contributed by atoms with E-state index in [1.54, 1.807) is 5.01 Å². The molecular weight excluding hydrogens is 256 g/mol. The first kappa shape index (κ1) is 11.5. The zero-order valence-electron chi connectivity index (χ0n) is 7.09. The number of hydrazone groups is 1. The van der Waals surface area contributed by atoms with Gasteiger partial charge in [0.2, 0.25) is 3.79 Å². The maximum absolute atomic E-state index is 5.79. The quantitative estimate of drug-likeness (QED) is 0.536. The van der Waals surface area contributed by atoms with Crippen molar-refractivity contribution in [2.75, 3.05) is 0 Å². The van der Waals surface area contributed by atoms with E-state index in [4.69, 9.17) is 46.6 Å². The molecule has 0 bridgehead atoms. The first-order chi connectivity index (χ1) is 5.84. The predicted octanol–water partition coefficient (Wildman–Crippen LogP) is 2.81. The van der Waals surface area contributed by atoms with Gasteiger partial charge in [0, 0.05) is 17.8 Å². The number of rotatable bonds is 1. The van der Waals surface area contributed by atoms with Crippen LogP contribution in [0.25, 0.3) is 0 Å². The van der Waals surface area contributed by atoms with Crippen LogP contribution >= 0.6 is 46.6 Å². The van der Waals surface area contributed by atoms with Crippen LogP contribution in [0.4, 0.5) is 0 Å². The van der Waals surface area contributed by atoms with Gasteiger partial charge in [-0.2, -0.15) is 5.10 Å². The van der Waals surface area contributed by atoms with Crippen LogP contribution < -0.4 is 0 Å². The Bertz CT molecular complexity index is 212. The van der Waals surface area contributed by atoms with Crippen LogP contribution in [0, 0.1) is 0 Å². The van der Waals surface area contributed by atoms with Crippen LogP contribution in [0.15, 0.2) is 5.10 Å². The number of alkyl halides is 3. The van der Waals surface area contributed by atoms with Gasteiger partial charge < -0.3 is 0 Å². The second-order valence-corrected chi connectivity index (χ2v) is 5.72. The summed E-state index contributed by atoms with van der Waals surface area (Å²) in [6.07, 6.45) is 0.868. The molecule has 0 aromatic carbocycles. The van der Waals surface area contributed by atoms with E-state index in [1.807, 2.05) is 13.8 Å². The second kappa shape index (κ2) is 3.89. The SMILES string of the molecule is CC(C)N1N=CN(Cl)C1C(Cl)(Cl)Cl. The molecule has 0 amide bonds. The maximum atomic E-state index is 5.79. The van der Waals surface area contributed by atoms with Gasteiger partial charge in [-0.1, -0.05) is 34.8 Å². The molecule has 0 aromatic heterocycles. The second-order valence-electron chi connectivity index (χ2n) is 2.96. The highest BCUT2D eigenvalue weighted by Crippen LogP contribution is 2.38. The van der Waals surface area contributed by atoms with E-state index in [1.165, 1.54) is 10.8 Å². The van der Waals surface area contributed by atoms with Crippen molar-refractivity contribution in [3.63, 3.8) is 0 Å². The van der Waals surface area contributed by atoms with E-state index in [2.05, 4.69) is 5.10 Å². The van der Waals surface area contributed by atoms with Gasteiger partial charge in [0.25, 0.3) is 0 Å². The molecule has 1 aliphatic rings. The highest BCUT2D eigenvalue weighted by molar-refractivity contribution is 6.68. The molecule has 7 heteroatoms. The third kappa shape index (κ3) is 2.46. The van der Waals surface area contributed by atoms with Crippen molar-refractivity contribution in [3.05, 3.63) is 0 Å². The minimum atomic E-state index is -1.48. The van der Waals surface area contributed by atoms with Crippen molar-refractivity contribution < 1.29 is 0 Å². The van der Waals surface area contributed by atoms with Crippen LogP contribution in [-0.2, 0) is 0 Å². The number of hydrogen-bond acceptors (Lipinski definition) is 3. The van der Waals surface area contributed by atoms with E-state index >= 15 is 0 Å². The van der Waals surface area contributed by atoms with Gasteiger partial charge in [0.05, 0.1) is 0 Å². The van der Waals surface area contributed by atoms with Crippen LogP contribution in [-0.4, -0.2) is 31.8 Å². The lowest BCUT2D eigenvalue weighted by Crippen LogP contribution is -2.47. The third-order valence-electron chi connectivity index (χ3n) is 1.60. The van der Waals surface area contributed by atoms with Crippen LogP contribution in [0.2, 0.25) is 0 Å². The fraction of sp³-hybridized carbons (Fsp3) is 0.833. The Balaban J connectivity index is 2.82. The van der Waals surface area contributed by atoms with Crippen LogP contribution in [0.1, 0.15) is 13.8 Å². The summed E-state index contributed by atoms with van der Waals surface area (Å²) in [6.45, 7) is 3.88. The molecule has 13 heavy (non-hydrogen) atoms. The smallest absolute Gasteiger partial charge is 0.231 e. The summed E-state index contributed by atoms with van der Waals surface area (Å²) >= 11 is 23.1. The molecule has 0 saturated heterocycles. The molecule has 1 heterocycles. The lowest BCUT2D eigenvalue weighted by molar-refractivity contribution is 0.139. The summed E-state index contributed by atoms with van der Waals surface area (Å²) in [4.78, 5) is 0. The van der Waals surface area contributed by atoms with E-state index in [-0.39, 0.29) is 6.04 Å². The van der Waals surface area contributed by atoms with Gasteiger partial charge in [0.15, 0.2) is 6.17 Å². The van der Waals surface area contributed by atoms with E-state index in [0.717, 1.165) is 0 Å². The lowest BCUT2D eigenvalue weighted by atomic mass is 10.3. The number of nitrogens with zero attached hydrogens (tertiary/aromatic N) is 3. The fourth-order valence-corrected chi connectivity index (χ4v) is 2.09. The van der Waals surface area contributed by atoms with Gasteiger partial charge in [0.1, 0.15) is 6.34 Å². The van der Waals surface area contributed by atoms with E-state index < -0.39 is 9.96 Å². The Kier molecular flexibility index (Phi) is 3.44. The molecule has 1 aliphatic heterocycles. The van der Waals surface area contributed by atoms with Gasteiger partial charge >= 0.3 is 0 Å². The minimum absolute atomic E-state index is 0.126. The Hall–Kier alpha value is 0.430. The van der Waals surface area contributed by atoms with Gasteiger partial charge in [-0.15, -0.1) is 0 Å². The Morgan fingerprint density at radius 3 is 2.23 bits per heavy atom. The zero-order chi connectivity index (χ0) is 10.2. The summed E-state index contributed by atoms with van der Waals surface area (Å²) in [5, 5.41) is 5.65. The van der Waals surface area contributed by atoms with Gasteiger partial charge in [-0.3, -0.25) is 5.01 Å². The highest BCUT2D eigenvalue weighted by Gasteiger charge is 2.44. The van der Waals surface area contributed by atoms with Crippen molar-refractivity contribution in [1.29, 1.82) is 0 Å². The topological polar surface area (TPSA) is 18.8 Å². The van der Waals surface area contributed by atoms with Crippen molar-refractivity contribution in [2.24, 2.45) is 5.10 Å². The molecular formula is C6H9Cl4N3. The molecule has 0 saturated carbocycles. The van der Waals surface area contributed by atoms with Gasteiger partial charge in [-0.05, 0) is 13.8 Å². The van der Waals surface area contributed by atoms with Crippen LogP contribution in [0.5, 0.6) is 0 Å². The average molecular weight is 265 g/mol. The molecule has 0 N–H and O–H groups in total. The third-order valence-corrected chi connectivity index (χ3v) is 2.46. The minimum Gasteiger partial charge on any atom is -0.265 e. The standard InChI is InChI=1S/C6H9Cl4N3/c1-4(2)13-5(6(7,8)9)12(10)3-11-13/h3-5H,1-2H3. The molecule has 1 atom stereocenters. The van der Waals surface area contributed by atoms with E-state index in [0.29, 0.717) is 0 Å². The maximum Gasteiger partial charge on any atom is 0.231 e. The molecule has 1 rings (SSSR count). The monoisotopic (exact) mass is 263 g/mol. The normalized spacial score (nSPS) is 23.5. The molecule has 0 fully saturated rings. The highest BCUT2D eigenvalue weighted by atomic mass is 35.6. The molecule has 0 aromatic rings. The largest absolute Gasteiger partial charge is 0.265 e. The summed E-state index contributed by atoms with van der Waals surface area (Å²) in [5.41, 5.74) is 0. The van der Waals surface area contributed by atoms with Crippen molar-refractivity contribution in [2.45, 2.75) is 29.8 Å². The lowest BCUT2D eigenvalue weighted by Gasteiger charge is -2.33. The Morgan fingerprint density at radius 1 is 1.38 bits per heavy atom. The van der Waals surface area contributed by atoms with Crippen molar-refractivity contribution in [3.8, 4) is 0 Å². The number of hydrogen-bond donors (Lipinski definition) is 0. The Morgan fingerprint density at radius 2 is 1.92 bits per heavy atom. The van der Waals surface area contributed by atoms with Crippen molar-refractivity contribution >= 4 is 52.9 Å². The van der Waals surface area contributed by atoms with Gasteiger partial charge in [-0.25, -0.2) is 4.42 Å². The zero-order valence-corrected chi connectivity index (χ0v) is 10.1. The predicted molar refractivity (Wildman–Crippen MR) is 57.2 cm³/mol. The molecule has 0 aliphatic carbocycles. The van der Waals surface area contributed by atoms with E-state index in [9.17, 15) is 0 Å². The van der Waals surface area contributed by atoms with Crippen molar-refractivity contribution in [1.82, 2.24) is 9.43 Å². The first-order valence-corrected chi connectivity index (χ1v) is 5.14. The molecule has 0 spiro atoms. The first-order valence-electron chi connectivity index (χ1n) is 3.67. The molecule has 0 radical (unpaired) electrons. The summed E-state index contributed by atoms with van der Waals surface area (Å²) < 4.78 is -0.227. The fourth-order valence-electron chi connectivity index (χ4n) is 1.05. The summed E-state index contributed by atoms with van der Waals surface area (Å²) in [6, 6.07) is 0.126. The molecule has 3 nitrogen and oxygen atoms in total. The molecule has 1 unspecified atom stereocenters.